The zero-order valence-electron chi connectivity index (χ0n) is 12.2. The van der Waals surface area contributed by atoms with Crippen molar-refractivity contribution < 1.29 is 4.39 Å². The van der Waals surface area contributed by atoms with Gasteiger partial charge in [-0.2, -0.15) is 0 Å². The molecule has 1 heterocycles. The van der Waals surface area contributed by atoms with E-state index < -0.39 is 0 Å². The molecule has 0 aromatic carbocycles. The summed E-state index contributed by atoms with van der Waals surface area (Å²) < 4.78 is 14.3. The van der Waals surface area contributed by atoms with Gasteiger partial charge in [0.25, 0.3) is 0 Å². The number of anilines is 1. The maximum atomic E-state index is 14.3. The van der Waals surface area contributed by atoms with Crippen LogP contribution >= 0.6 is 11.6 Å². The first-order valence-corrected chi connectivity index (χ1v) is 7.08. The Bertz CT molecular complexity index is 396. The number of nitrogens with zero attached hydrogens (tertiary/aromatic N) is 3. The fraction of sp³-hybridized carbons (Fsp3) is 0.643. The van der Waals surface area contributed by atoms with Crippen LogP contribution in [0, 0.1) is 11.7 Å². The second kappa shape index (κ2) is 7.65. The third kappa shape index (κ3) is 4.96. The van der Waals surface area contributed by atoms with E-state index in [0.717, 1.165) is 19.6 Å². The van der Waals surface area contributed by atoms with Gasteiger partial charge in [0.05, 0.1) is 5.88 Å². The Labute approximate surface area is 120 Å². The third-order valence-electron chi connectivity index (χ3n) is 2.80. The minimum absolute atomic E-state index is 0.171. The van der Waals surface area contributed by atoms with Crippen molar-refractivity contribution in [3.8, 4) is 0 Å². The molecule has 0 atom stereocenters. The van der Waals surface area contributed by atoms with Gasteiger partial charge in [-0.3, -0.25) is 0 Å². The van der Waals surface area contributed by atoms with Gasteiger partial charge in [0.1, 0.15) is 0 Å². The fourth-order valence-corrected chi connectivity index (χ4v) is 2.05. The molecule has 0 saturated heterocycles. The highest BCUT2D eigenvalue weighted by molar-refractivity contribution is 6.17. The number of pyridine rings is 1. The molecule has 0 N–H and O–H groups in total. The van der Waals surface area contributed by atoms with Gasteiger partial charge in [-0.25, -0.2) is 9.37 Å². The second-order valence-corrected chi connectivity index (χ2v) is 5.65. The van der Waals surface area contributed by atoms with Crippen LogP contribution in [0.5, 0.6) is 0 Å². The van der Waals surface area contributed by atoms with E-state index in [0.29, 0.717) is 17.3 Å². The Morgan fingerprint density at radius 1 is 1.32 bits per heavy atom. The lowest BCUT2D eigenvalue weighted by Crippen LogP contribution is -2.35. The molecule has 0 amide bonds. The van der Waals surface area contributed by atoms with E-state index in [-0.39, 0.29) is 11.7 Å². The van der Waals surface area contributed by atoms with Crippen LogP contribution in [0.4, 0.5) is 10.2 Å². The molecule has 0 aliphatic carbocycles. The van der Waals surface area contributed by atoms with Crippen LogP contribution in [0.25, 0.3) is 0 Å². The van der Waals surface area contributed by atoms with E-state index in [4.69, 9.17) is 11.6 Å². The first-order chi connectivity index (χ1) is 8.95. The van der Waals surface area contributed by atoms with Crippen LogP contribution < -0.4 is 4.90 Å². The van der Waals surface area contributed by atoms with Gasteiger partial charge in [-0.15, -0.1) is 11.6 Å². The van der Waals surface area contributed by atoms with Gasteiger partial charge < -0.3 is 9.80 Å². The molecule has 3 nitrogen and oxygen atoms in total. The molecular formula is C14H23ClFN3. The predicted molar refractivity (Wildman–Crippen MR) is 79.4 cm³/mol. The monoisotopic (exact) mass is 287 g/mol. The van der Waals surface area contributed by atoms with Crippen LogP contribution in [-0.4, -0.2) is 43.6 Å². The lowest BCUT2D eigenvalue weighted by atomic mass is 10.2. The van der Waals surface area contributed by atoms with Gasteiger partial charge in [0.2, 0.25) is 0 Å². The molecule has 0 aliphatic heterocycles. The summed E-state index contributed by atoms with van der Waals surface area (Å²) in [6, 6.07) is 1.63. The van der Waals surface area contributed by atoms with Crippen LogP contribution in [-0.2, 0) is 5.88 Å². The molecule has 0 fully saturated rings. The largest absolute Gasteiger partial charge is 0.353 e. The molecular weight excluding hydrogens is 265 g/mol. The van der Waals surface area contributed by atoms with Gasteiger partial charge in [-0.1, -0.05) is 13.8 Å². The van der Waals surface area contributed by atoms with Crippen molar-refractivity contribution in [1.29, 1.82) is 0 Å². The minimum Gasteiger partial charge on any atom is -0.353 e. The van der Waals surface area contributed by atoms with E-state index in [2.05, 4.69) is 23.7 Å². The van der Waals surface area contributed by atoms with Gasteiger partial charge in [0.15, 0.2) is 11.6 Å². The van der Waals surface area contributed by atoms with E-state index in [1.807, 2.05) is 19.0 Å². The summed E-state index contributed by atoms with van der Waals surface area (Å²) in [5.41, 5.74) is 0.505. The molecule has 0 unspecified atom stereocenters. The number of hydrogen-bond donors (Lipinski definition) is 0. The van der Waals surface area contributed by atoms with E-state index in [1.54, 1.807) is 12.3 Å². The van der Waals surface area contributed by atoms with Crippen molar-refractivity contribution in [3.63, 3.8) is 0 Å². The maximum absolute atomic E-state index is 14.3. The van der Waals surface area contributed by atoms with Gasteiger partial charge in [-0.05, 0) is 26.1 Å². The highest BCUT2D eigenvalue weighted by Gasteiger charge is 2.17. The summed E-state index contributed by atoms with van der Waals surface area (Å²) in [7, 11) is 4.01. The molecule has 0 spiro atoms. The SMILES string of the molecule is CC(C)CN(CCN(C)C)c1nccc(CCl)c1F. The standard InChI is InChI=1S/C14H23ClFN3/c1-11(2)10-19(8-7-18(3)4)14-13(16)12(9-15)5-6-17-14/h5-6,11H,7-10H2,1-4H3. The van der Waals surface area contributed by atoms with E-state index in [9.17, 15) is 4.39 Å². The minimum atomic E-state index is -0.295. The third-order valence-corrected chi connectivity index (χ3v) is 3.08. The first-order valence-electron chi connectivity index (χ1n) is 6.54. The van der Waals surface area contributed by atoms with Crippen LogP contribution in [0.15, 0.2) is 12.3 Å². The summed E-state index contributed by atoms with van der Waals surface area (Å²) in [6.45, 7) is 6.63. The number of halogens is 2. The maximum Gasteiger partial charge on any atom is 0.170 e. The molecule has 1 aromatic heterocycles. The number of likely N-dealkylation sites (N-methyl/N-ethyl adjacent to an activating group) is 1. The number of rotatable bonds is 7. The average Bonchev–Trinajstić information content (AvgIpc) is 2.34. The summed E-state index contributed by atoms with van der Waals surface area (Å²) >= 11 is 5.75. The molecule has 5 heteroatoms. The van der Waals surface area contributed by atoms with E-state index in [1.165, 1.54) is 0 Å². The Morgan fingerprint density at radius 3 is 2.53 bits per heavy atom. The van der Waals surface area contributed by atoms with Crippen molar-refractivity contribution in [1.82, 2.24) is 9.88 Å². The Hall–Kier alpha value is -0.870. The van der Waals surface area contributed by atoms with Crippen molar-refractivity contribution in [2.24, 2.45) is 5.92 Å². The molecule has 1 aromatic rings. The predicted octanol–water partition coefficient (Wildman–Crippen LogP) is 2.98. The molecule has 19 heavy (non-hydrogen) atoms. The molecule has 0 radical (unpaired) electrons. The molecule has 1 rings (SSSR count). The number of aromatic nitrogens is 1. The van der Waals surface area contributed by atoms with Crippen LogP contribution in [0.1, 0.15) is 19.4 Å². The number of alkyl halides is 1. The Balaban J connectivity index is 2.95. The lowest BCUT2D eigenvalue weighted by Gasteiger charge is -2.27. The van der Waals surface area contributed by atoms with Crippen molar-refractivity contribution in [3.05, 3.63) is 23.6 Å². The Morgan fingerprint density at radius 2 is 2.00 bits per heavy atom. The van der Waals surface area contributed by atoms with Crippen molar-refractivity contribution in [2.75, 3.05) is 38.6 Å². The fourth-order valence-electron chi connectivity index (χ4n) is 1.84. The smallest absolute Gasteiger partial charge is 0.170 e. The Kier molecular flexibility index (Phi) is 6.52. The highest BCUT2D eigenvalue weighted by Crippen LogP contribution is 2.21. The van der Waals surface area contributed by atoms with E-state index >= 15 is 0 Å². The molecule has 0 bridgehead atoms. The highest BCUT2D eigenvalue weighted by atomic mass is 35.5. The average molecular weight is 288 g/mol. The van der Waals surface area contributed by atoms with Crippen molar-refractivity contribution >= 4 is 17.4 Å². The molecule has 0 saturated carbocycles. The van der Waals surface area contributed by atoms with Crippen LogP contribution in [0.3, 0.4) is 0 Å². The summed E-state index contributed by atoms with van der Waals surface area (Å²) in [6.07, 6.45) is 1.62. The van der Waals surface area contributed by atoms with Gasteiger partial charge in [0, 0.05) is 31.4 Å². The van der Waals surface area contributed by atoms with Crippen LogP contribution in [0.2, 0.25) is 0 Å². The lowest BCUT2D eigenvalue weighted by molar-refractivity contribution is 0.406. The number of hydrogen-bond acceptors (Lipinski definition) is 3. The molecule has 108 valence electrons. The molecule has 0 aliphatic rings. The zero-order chi connectivity index (χ0) is 14.4. The summed E-state index contributed by atoms with van der Waals surface area (Å²) in [5, 5.41) is 0. The van der Waals surface area contributed by atoms with Gasteiger partial charge >= 0.3 is 0 Å². The van der Waals surface area contributed by atoms with Crippen molar-refractivity contribution in [2.45, 2.75) is 19.7 Å². The topological polar surface area (TPSA) is 19.4 Å². The zero-order valence-corrected chi connectivity index (χ0v) is 12.9. The second-order valence-electron chi connectivity index (χ2n) is 5.38. The normalized spacial score (nSPS) is 11.4. The summed E-state index contributed by atoms with van der Waals surface area (Å²) in [4.78, 5) is 8.27. The quantitative estimate of drug-likeness (QED) is 0.719. The first kappa shape index (κ1) is 16.2. The summed E-state index contributed by atoms with van der Waals surface area (Å²) in [5.74, 6) is 0.735.